The van der Waals surface area contributed by atoms with E-state index >= 15 is 0 Å². The lowest BCUT2D eigenvalue weighted by molar-refractivity contribution is -0.152. The molecule has 3 atom stereocenters. The van der Waals surface area contributed by atoms with E-state index in [1.807, 2.05) is 0 Å². The Labute approximate surface area is 168 Å². The van der Waals surface area contributed by atoms with Gasteiger partial charge in [-0.3, -0.25) is 14.4 Å². The number of ether oxygens (including phenoxy) is 1. The fourth-order valence-corrected chi connectivity index (χ4v) is 3.09. The molecule has 0 aliphatic rings. The average molecular weight is 400 g/mol. The number of hydrogen-bond donors (Lipinski definition) is 3. The highest BCUT2D eigenvalue weighted by molar-refractivity contribution is 6.07. The topological polar surface area (TPSA) is 121 Å². The number of carbonyl (C=O) groups is 3. The van der Waals surface area contributed by atoms with E-state index in [1.165, 1.54) is 12.1 Å². The SMILES string of the molecule is COC(=O)C[C@@](O)(C(=O)c1ccccc1C)[C@H](O)C(O)C(=O)c1ccccc1C. The van der Waals surface area contributed by atoms with Crippen molar-refractivity contribution in [1.82, 2.24) is 0 Å². The maximum Gasteiger partial charge on any atom is 0.309 e. The van der Waals surface area contributed by atoms with Gasteiger partial charge in [-0.15, -0.1) is 0 Å². The van der Waals surface area contributed by atoms with Crippen LogP contribution in [0.4, 0.5) is 0 Å². The van der Waals surface area contributed by atoms with Crippen LogP contribution in [0.2, 0.25) is 0 Å². The van der Waals surface area contributed by atoms with Gasteiger partial charge in [0.15, 0.2) is 17.2 Å². The number of Topliss-reactive ketones (excluding diaryl/α,β-unsaturated/α-hetero) is 2. The highest BCUT2D eigenvalue weighted by Crippen LogP contribution is 2.27. The van der Waals surface area contributed by atoms with Crippen molar-refractivity contribution in [2.75, 3.05) is 7.11 Å². The molecule has 0 saturated carbocycles. The summed E-state index contributed by atoms with van der Waals surface area (Å²) in [6, 6.07) is 12.7. The predicted octanol–water partition coefficient (Wildman–Crippen LogP) is 1.39. The van der Waals surface area contributed by atoms with Crippen LogP contribution in [0.15, 0.2) is 48.5 Å². The molecule has 154 valence electrons. The highest BCUT2D eigenvalue weighted by Gasteiger charge is 2.50. The second-order valence-electron chi connectivity index (χ2n) is 6.89. The van der Waals surface area contributed by atoms with Gasteiger partial charge >= 0.3 is 5.97 Å². The molecule has 0 fully saturated rings. The van der Waals surface area contributed by atoms with Crippen LogP contribution in [0.25, 0.3) is 0 Å². The van der Waals surface area contributed by atoms with Gasteiger partial charge in [0.25, 0.3) is 0 Å². The third-order valence-electron chi connectivity index (χ3n) is 4.89. The Balaban J connectivity index is 2.46. The maximum atomic E-state index is 13.1. The molecule has 0 radical (unpaired) electrons. The van der Waals surface area contributed by atoms with Crippen molar-refractivity contribution in [3.8, 4) is 0 Å². The molecule has 3 N–H and O–H groups in total. The van der Waals surface area contributed by atoms with E-state index in [1.54, 1.807) is 50.2 Å². The summed E-state index contributed by atoms with van der Waals surface area (Å²) in [6.07, 6.45) is -5.34. The van der Waals surface area contributed by atoms with E-state index in [-0.39, 0.29) is 11.1 Å². The third-order valence-corrected chi connectivity index (χ3v) is 4.89. The fraction of sp³-hybridized carbons (Fsp3) is 0.318. The van der Waals surface area contributed by atoms with E-state index in [4.69, 9.17) is 0 Å². The molecule has 0 spiro atoms. The van der Waals surface area contributed by atoms with Gasteiger partial charge in [0.2, 0.25) is 0 Å². The van der Waals surface area contributed by atoms with Crippen LogP contribution in [0.3, 0.4) is 0 Å². The zero-order chi connectivity index (χ0) is 21.8. The number of hydrogen-bond acceptors (Lipinski definition) is 7. The number of carbonyl (C=O) groups excluding carboxylic acids is 3. The van der Waals surface area contributed by atoms with Crippen molar-refractivity contribution >= 4 is 17.5 Å². The number of rotatable bonds is 8. The molecule has 0 aliphatic carbocycles. The Bertz CT molecular complexity index is 921. The fourth-order valence-electron chi connectivity index (χ4n) is 3.09. The molecule has 0 heterocycles. The molecule has 0 aliphatic heterocycles. The first-order chi connectivity index (χ1) is 13.6. The van der Waals surface area contributed by atoms with Gasteiger partial charge in [0.1, 0.15) is 12.2 Å². The summed E-state index contributed by atoms with van der Waals surface area (Å²) in [5, 5.41) is 32.2. The Hall–Kier alpha value is -2.87. The number of esters is 1. The molecule has 1 unspecified atom stereocenters. The summed E-state index contributed by atoms with van der Waals surface area (Å²) in [6.45, 7) is 3.26. The summed E-state index contributed by atoms with van der Waals surface area (Å²) < 4.78 is 4.53. The van der Waals surface area contributed by atoms with Crippen molar-refractivity contribution in [2.45, 2.75) is 38.1 Å². The van der Waals surface area contributed by atoms with Crippen molar-refractivity contribution < 1.29 is 34.4 Å². The average Bonchev–Trinajstić information content (AvgIpc) is 2.72. The van der Waals surface area contributed by atoms with Crippen LogP contribution in [-0.2, 0) is 9.53 Å². The second-order valence-corrected chi connectivity index (χ2v) is 6.89. The molecule has 0 bridgehead atoms. The minimum absolute atomic E-state index is 0.0495. The summed E-state index contributed by atoms with van der Waals surface area (Å²) in [7, 11) is 1.06. The molecule has 2 aromatic carbocycles. The quantitative estimate of drug-likeness (QED) is 0.452. The lowest BCUT2D eigenvalue weighted by Crippen LogP contribution is -2.58. The summed E-state index contributed by atoms with van der Waals surface area (Å²) >= 11 is 0. The zero-order valence-electron chi connectivity index (χ0n) is 16.5. The maximum absolute atomic E-state index is 13.1. The number of aliphatic hydroxyl groups is 3. The number of aliphatic hydroxyl groups excluding tert-OH is 2. The van der Waals surface area contributed by atoms with E-state index in [0.717, 1.165) is 7.11 Å². The number of ketones is 2. The van der Waals surface area contributed by atoms with Crippen LogP contribution in [-0.4, -0.2) is 57.8 Å². The minimum Gasteiger partial charge on any atom is -0.469 e. The summed E-state index contributed by atoms with van der Waals surface area (Å²) in [5.74, 6) is -2.86. The molecule has 7 nitrogen and oxygen atoms in total. The van der Waals surface area contributed by atoms with E-state index < -0.39 is 41.8 Å². The number of aryl methyl sites for hydroxylation is 2. The monoisotopic (exact) mass is 400 g/mol. The van der Waals surface area contributed by atoms with Crippen LogP contribution in [0, 0.1) is 13.8 Å². The molecule has 0 saturated heterocycles. The predicted molar refractivity (Wildman–Crippen MR) is 105 cm³/mol. The largest absolute Gasteiger partial charge is 0.469 e. The van der Waals surface area contributed by atoms with Gasteiger partial charge in [0, 0.05) is 11.1 Å². The molecular weight excluding hydrogens is 376 g/mol. The van der Waals surface area contributed by atoms with Gasteiger partial charge in [0.05, 0.1) is 13.5 Å². The molecule has 0 amide bonds. The van der Waals surface area contributed by atoms with Crippen molar-refractivity contribution in [2.24, 2.45) is 0 Å². The van der Waals surface area contributed by atoms with Gasteiger partial charge in [-0.2, -0.15) is 0 Å². The Morgan fingerprint density at radius 1 is 0.931 bits per heavy atom. The summed E-state index contributed by atoms with van der Waals surface area (Å²) in [4.78, 5) is 37.6. The molecule has 29 heavy (non-hydrogen) atoms. The van der Waals surface area contributed by atoms with E-state index in [2.05, 4.69) is 4.74 Å². The first-order valence-corrected chi connectivity index (χ1v) is 8.99. The molecule has 2 rings (SSSR count). The zero-order valence-corrected chi connectivity index (χ0v) is 16.5. The molecule has 2 aromatic rings. The first-order valence-electron chi connectivity index (χ1n) is 8.99. The first kappa shape index (κ1) is 22.4. The van der Waals surface area contributed by atoms with Gasteiger partial charge in [-0.1, -0.05) is 48.5 Å². The number of benzene rings is 2. The standard InChI is InChI=1S/C22H24O7/c1-13-8-4-6-10-15(13)18(24)19(25)21(27)22(28,12-17(23)29-3)20(26)16-11-7-5-9-14(16)2/h4-11,19,21,25,27-28H,12H2,1-3H3/t19?,21-,22-/m1/s1. The van der Waals surface area contributed by atoms with Crippen LogP contribution in [0.5, 0.6) is 0 Å². The minimum atomic E-state index is -2.77. The Morgan fingerprint density at radius 2 is 1.41 bits per heavy atom. The van der Waals surface area contributed by atoms with Gasteiger partial charge in [-0.25, -0.2) is 0 Å². The van der Waals surface area contributed by atoms with Crippen molar-refractivity contribution in [3.05, 3.63) is 70.8 Å². The van der Waals surface area contributed by atoms with Gasteiger partial charge < -0.3 is 20.1 Å². The van der Waals surface area contributed by atoms with Crippen LogP contribution in [0.1, 0.15) is 38.3 Å². The smallest absolute Gasteiger partial charge is 0.309 e. The lowest BCUT2D eigenvalue weighted by Gasteiger charge is -2.33. The summed E-state index contributed by atoms with van der Waals surface area (Å²) in [5.41, 5.74) is -1.55. The molecule has 7 heteroatoms. The molecular formula is C22H24O7. The second kappa shape index (κ2) is 9.09. The van der Waals surface area contributed by atoms with Crippen molar-refractivity contribution in [1.29, 1.82) is 0 Å². The number of methoxy groups -OCH3 is 1. The lowest BCUT2D eigenvalue weighted by atomic mass is 9.79. The molecule has 0 aromatic heterocycles. The van der Waals surface area contributed by atoms with E-state index in [0.29, 0.717) is 11.1 Å². The van der Waals surface area contributed by atoms with E-state index in [9.17, 15) is 29.7 Å². The third kappa shape index (κ3) is 4.59. The van der Waals surface area contributed by atoms with Gasteiger partial charge in [-0.05, 0) is 25.0 Å². The van der Waals surface area contributed by atoms with Crippen molar-refractivity contribution in [3.63, 3.8) is 0 Å². The van der Waals surface area contributed by atoms with Crippen LogP contribution < -0.4 is 0 Å². The van der Waals surface area contributed by atoms with Crippen LogP contribution >= 0.6 is 0 Å². The highest BCUT2D eigenvalue weighted by atomic mass is 16.5. The Morgan fingerprint density at radius 3 is 1.90 bits per heavy atom. The Kier molecular flexibility index (Phi) is 7.02. The normalized spacial score (nSPS) is 15.1.